The molecule has 1 saturated heterocycles. The van der Waals surface area contributed by atoms with Gasteiger partial charge < -0.3 is 20.9 Å². The molecule has 0 saturated carbocycles. The van der Waals surface area contributed by atoms with Gasteiger partial charge in [0.25, 0.3) is 5.91 Å². The van der Waals surface area contributed by atoms with Crippen LogP contribution in [0.3, 0.4) is 0 Å². The van der Waals surface area contributed by atoms with Crippen molar-refractivity contribution in [2.75, 3.05) is 44.8 Å². The standard InChI is InChI=1S/C31H37N9O2/c1-20(2)23-13-14-33-25(17-23)36-31(42)22-11-9-21(10-12-22)28-27-29(32)34-19-35-30(27)40(37-28)24-7-5-16-39(18-24)26(41)8-6-15-38(3)4/h6,8-14,17,19-20,24H,5,7,15-16,18H2,1-4H3,(H2,32,34,35)(H,33,36,42)/t24-/m1/s1. The molecular formula is C31H37N9O2. The van der Waals surface area contributed by atoms with Crippen molar-refractivity contribution in [2.45, 2.75) is 38.6 Å². The van der Waals surface area contributed by atoms with Crippen molar-refractivity contribution in [2.24, 2.45) is 0 Å². The number of piperidine rings is 1. The monoisotopic (exact) mass is 567 g/mol. The van der Waals surface area contributed by atoms with Gasteiger partial charge in [-0.3, -0.25) is 9.59 Å². The van der Waals surface area contributed by atoms with Crippen LogP contribution in [0.1, 0.15) is 54.6 Å². The predicted octanol–water partition coefficient (Wildman–Crippen LogP) is 4.13. The maximum Gasteiger partial charge on any atom is 0.256 e. The molecule has 42 heavy (non-hydrogen) atoms. The molecule has 1 aliphatic rings. The number of rotatable bonds is 8. The number of aromatic nitrogens is 5. The van der Waals surface area contributed by atoms with Crippen molar-refractivity contribution in [1.29, 1.82) is 0 Å². The second kappa shape index (κ2) is 12.5. The first kappa shape index (κ1) is 28.9. The predicted molar refractivity (Wildman–Crippen MR) is 164 cm³/mol. The summed E-state index contributed by atoms with van der Waals surface area (Å²) in [5, 5.41) is 8.48. The number of anilines is 2. The summed E-state index contributed by atoms with van der Waals surface area (Å²) >= 11 is 0. The van der Waals surface area contributed by atoms with Gasteiger partial charge in [0, 0.05) is 43.0 Å². The van der Waals surface area contributed by atoms with Gasteiger partial charge in [-0.25, -0.2) is 19.6 Å². The number of nitrogens with one attached hydrogen (secondary N) is 1. The number of nitrogens with two attached hydrogens (primary N) is 1. The molecule has 11 nitrogen and oxygen atoms in total. The number of hydrogen-bond acceptors (Lipinski definition) is 8. The van der Waals surface area contributed by atoms with Gasteiger partial charge in [0.1, 0.15) is 23.7 Å². The highest BCUT2D eigenvalue weighted by Crippen LogP contribution is 2.34. The molecular weight excluding hydrogens is 530 g/mol. The Kier molecular flexibility index (Phi) is 8.58. The van der Waals surface area contributed by atoms with Gasteiger partial charge >= 0.3 is 0 Å². The summed E-state index contributed by atoms with van der Waals surface area (Å²) in [5.41, 5.74) is 9.97. The number of likely N-dealkylation sites (N-methyl/N-ethyl adjacent to an activating group) is 1. The lowest BCUT2D eigenvalue weighted by Gasteiger charge is -2.32. The van der Waals surface area contributed by atoms with E-state index in [0.717, 1.165) is 24.0 Å². The van der Waals surface area contributed by atoms with Gasteiger partial charge in [0.15, 0.2) is 5.65 Å². The summed E-state index contributed by atoms with van der Waals surface area (Å²) in [6, 6.07) is 11.0. The average molecular weight is 568 g/mol. The number of nitrogens with zero attached hydrogens (tertiary/aromatic N) is 7. The number of carbonyl (C=O) groups excluding carboxylic acids is 2. The molecule has 1 atom stereocenters. The zero-order valence-corrected chi connectivity index (χ0v) is 24.5. The SMILES string of the molecule is CC(C)c1ccnc(NC(=O)c2ccc(-c3nn([C@@H]4CCCN(C(=O)C=CCN(C)C)C4)c4ncnc(N)c34)cc2)c1. The maximum atomic E-state index is 13.0. The van der Waals surface area contributed by atoms with Gasteiger partial charge in [-0.05, 0) is 62.7 Å². The fourth-order valence-corrected chi connectivity index (χ4v) is 5.12. The van der Waals surface area contributed by atoms with Crippen molar-refractivity contribution in [3.8, 4) is 11.3 Å². The molecule has 1 aromatic carbocycles. The molecule has 0 radical (unpaired) electrons. The number of likely N-dealkylation sites (tertiary alicyclic amines) is 1. The van der Waals surface area contributed by atoms with Crippen LogP contribution in [-0.4, -0.2) is 80.1 Å². The Morgan fingerprint density at radius 1 is 1.14 bits per heavy atom. The highest BCUT2D eigenvalue weighted by atomic mass is 16.2. The summed E-state index contributed by atoms with van der Waals surface area (Å²) < 4.78 is 1.87. The summed E-state index contributed by atoms with van der Waals surface area (Å²) in [6.45, 7) is 6.12. The highest BCUT2D eigenvalue weighted by Gasteiger charge is 2.28. The third kappa shape index (κ3) is 6.31. The lowest BCUT2D eigenvalue weighted by Crippen LogP contribution is -2.40. The quantitative estimate of drug-likeness (QED) is 0.304. The van der Waals surface area contributed by atoms with E-state index in [1.807, 2.05) is 58.9 Å². The van der Waals surface area contributed by atoms with E-state index in [-0.39, 0.29) is 17.9 Å². The van der Waals surface area contributed by atoms with Gasteiger partial charge in [-0.1, -0.05) is 32.1 Å². The first-order chi connectivity index (χ1) is 20.2. The van der Waals surface area contributed by atoms with Crippen molar-refractivity contribution in [3.63, 3.8) is 0 Å². The Morgan fingerprint density at radius 2 is 1.93 bits per heavy atom. The second-order valence-electron chi connectivity index (χ2n) is 11.2. The van der Waals surface area contributed by atoms with Crippen LogP contribution >= 0.6 is 0 Å². The van der Waals surface area contributed by atoms with E-state index in [4.69, 9.17) is 10.8 Å². The molecule has 1 fully saturated rings. The Balaban J connectivity index is 1.39. The maximum absolute atomic E-state index is 13.0. The van der Waals surface area contributed by atoms with E-state index >= 15 is 0 Å². The Labute approximate surface area is 245 Å². The molecule has 3 aromatic heterocycles. The van der Waals surface area contributed by atoms with E-state index in [1.165, 1.54) is 6.33 Å². The van der Waals surface area contributed by atoms with Crippen LogP contribution in [0.15, 0.2) is 61.1 Å². The topological polar surface area (TPSA) is 135 Å². The van der Waals surface area contributed by atoms with E-state index in [0.29, 0.717) is 59.5 Å². The zero-order valence-electron chi connectivity index (χ0n) is 24.5. The molecule has 218 valence electrons. The van der Waals surface area contributed by atoms with Gasteiger partial charge in [0.05, 0.1) is 11.4 Å². The number of nitrogen functional groups attached to an aromatic ring is 1. The van der Waals surface area contributed by atoms with Crippen LogP contribution < -0.4 is 11.1 Å². The number of carbonyl (C=O) groups is 2. The van der Waals surface area contributed by atoms with Crippen molar-refractivity contribution < 1.29 is 9.59 Å². The number of pyridine rings is 1. The summed E-state index contributed by atoms with van der Waals surface area (Å²) in [6.07, 6.45) is 8.37. The van der Waals surface area contributed by atoms with Crippen LogP contribution in [0, 0.1) is 0 Å². The molecule has 2 amide bonds. The van der Waals surface area contributed by atoms with Crippen molar-refractivity contribution in [3.05, 3.63) is 72.2 Å². The van der Waals surface area contributed by atoms with E-state index in [1.54, 1.807) is 24.4 Å². The van der Waals surface area contributed by atoms with Crippen molar-refractivity contribution in [1.82, 2.24) is 34.5 Å². The van der Waals surface area contributed by atoms with Gasteiger partial charge in [-0.2, -0.15) is 5.10 Å². The molecule has 4 heterocycles. The minimum Gasteiger partial charge on any atom is -0.383 e. The average Bonchev–Trinajstić information content (AvgIpc) is 3.38. The van der Waals surface area contributed by atoms with Crippen LogP contribution in [0.25, 0.3) is 22.3 Å². The number of fused-ring (bicyclic) bond motifs is 1. The van der Waals surface area contributed by atoms with Crippen LogP contribution in [0.4, 0.5) is 11.6 Å². The van der Waals surface area contributed by atoms with Crippen LogP contribution in [0.5, 0.6) is 0 Å². The molecule has 1 aliphatic heterocycles. The zero-order chi connectivity index (χ0) is 29.8. The molecule has 0 spiro atoms. The largest absolute Gasteiger partial charge is 0.383 e. The third-order valence-electron chi connectivity index (χ3n) is 7.42. The van der Waals surface area contributed by atoms with E-state index in [2.05, 4.69) is 34.1 Å². The minimum atomic E-state index is -0.250. The van der Waals surface area contributed by atoms with Crippen LogP contribution in [-0.2, 0) is 4.79 Å². The Morgan fingerprint density at radius 3 is 2.67 bits per heavy atom. The molecule has 4 aromatic rings. The summed E-state index contributed by atoms with van der Waals surface area (Å²) in [7, 11) is 3.93. The number of benzene rings is 1. The van der Waals surface area contributed by atoms with E-state index < -0.39 is 0 Å². The lowest BCUT2D eigenvalue weighted by molar-refractivity contribution is -0.127. The molecule has 0 bridgehead atoms. The van der Waals surface area contributed by atoms with Crippen LogP contribution in [0.2, 0.25) is 0 Å². The molecule has 11 heteroatoms. The molecule has 0 unspecified atom stereocenters. The molecule has 0 aliphatic carbocycles. The normalized spacial score (nSPS) is 15.7. The smallest absolute Gasteiger partial charge is 0.256 e. The fourth-order valence-electron chi connectivity index (χ4n) is 5.12. The Bertz CT molecular complexity index is 1610. The summed E-state index contributed by atoms with van der Waals surface area (Å²) in [4.78, 5) is 42.7. The highest BCUT2D eigenvalue weighted by molar-refractivity contribution is 6.04. The second-order valence-corrected chi connectivity index (χ2v) is 11.2. The van der Waals surface area contributed by atoms with Gasteiger partial charge in [0.2, 0.25) is 5.91 Å². The van der Waals surface area contributed by atoms with Gasteiger partial charge in [-0.15, -0.1) is 0 Å². The minimum absolute atomic E-state index is 0.00706. The lowest BCUT2D eigenvalue weighted by atomic mass is 10.0. The molecule has 3 N–H and O–H groups in total. The first-order valence-corrected chi connectivity index (χ1v) is 14.2. The number of amides is 2. The Hall–Kier alpha value is -4.64. The molecule has 5 rings (SSSR count). The van der Waals surface area contributed by atoms with Crippen molar-refractivity contribution >= 4 is 34.5 Å². The first-order valence-electron chi connectivity index (χ1n) is 14.2. The van der Waals surface area contributed by atoms with E-state index in [9.17, 15) is 9.59 Å². The summed E-state index contributed by atoms with van der Waals surface area (Å²) in [5.74, 6) is 0.913. The third-order valence-corrected chi connectivity index (χ3v) is 7.42. The fraction of sp³-hybridized carbons (Fsp3) is 0.355. The number of hydrogen-bond donors (Lipinski definition) is 2.